The second-order valence-corrected chi connectivity index (χ2v) is 6.11. The average molecular weight is 304 g/mol. The number of thioether (sulfide) groups is 1. The zero-order valence-electron chi connectivity index (χ0n) is 12.8. The van der Waals surface area contributed by atoms with Gasteiger partial charge in [0.25, 0.3) is 0 Å². The summed E-state index contributed by atoms with van der Waals surface area (Å²) in [6.45, 7) is 4.12. The van der Waals surface area contributed by atoms with Crippen molar-refractivity contribution in [2.24, 2.45) is 0 Å². The second kappa shape index (κ2) is 6.39. The summed E-state index contributed by atoms with van der Waals surface area (Å²) < 4.78 is 9.76. The van der Waals surface area contributed by atoms with E-state index in [1.807, 2.05) is 56.5 Å². The number of rotatable bonds is 5. The molecule has 0 aliphatic heterocycles. The molecule has 0 fully saturated rings. The van der Waals surface area contributed by atoms with Crippen molar-refractivity contribution < 1.29 is 14.3 Å². The van der Waals surface area contributed by atoms with Gasteiger partial charge in [0.2, 0.25) is 0 Å². The van der Waals surface area contributed by atoms with E-state index in [4.69, 9.17) is 9.47 Å². The molecule has 0 saturated heterocycles. The predicted molar refractivity (Wildman–Crippen MR) is 88.0 cm³/mol. The molecule has 0 aliphatic rings. The van der Waals surface area contributed by atoms with Crippen molar-refractivity contribution >= 4 is 28.5 Å². The van der Waals surface area contributed by atoms with Gasteiger partial charge in [-0.2, -0.15) is 0 Å². The minimum absolute atomic E-state index is 0.203. The fourth-order valence-corrected chi connectivity index (χ4v) is 2.82. The van der Waals surface area contributed by atoms with Crippen molar-refractivity contribution in [1.29, 1.82) is 0 Å². The first-order valence-corrected chi connectivity index (χ1v) is 8.08. The highest BCUT2D eigenvalue weighted by Crippen LogP contribution is 2.37. The van der Waals surface area contributed by atoms with Crippen LogP contribution in [0.15, 0.2) is 36.4 Å². The van der Waals surface area contributed by atoms with Gasteiger partial charge in [-0.15, -0.1) is 11.8 Å². The first kappa shape index (κ1) is 15.7. The first-order valence-electron chi connectivity index (χ1n) is 6.85. The highest BCUT2D eigenvalue weighted by molar-refractivity contribution is 8.00. The van der Waals surface area contributed by atoms with E-state index in [9.17, 15) is 4.79 Å². The van der Waals surface area contributed by atoms with Crippen LogP contribution in [0.5, 0.6) is 5.75 Å². The Morgan fingerprint density at radius 2 is 1.86 bits per heavy atom. The second-order valence-electron chi connectivity index (χ2n) is 4.89. The van der Waals surface area contributed by atoms with Crippen molar-refractivity contribution in [1.82, 2.24) is 0 Å². The highest BCUT2D eigenvalue weighted by atomic mass is 32.2. The minimum atomic E-state index is -0.690. The van der Waals surface area contributed by atoms with Gasteiger partial charge in [0.1, 0.15) is 10.5 Å². The van der Waals surface area contributed by atoms with Crippen molar-refractivity contribution in [3.05, 3.63) is 42.0 Å². The third kappa shape index (κ3) is 3.00. The Labute approximate surface area is 129 Å². The van der Waals surface area contributed by atoms with E-state index >= 15 is 0 Å². The lowest BCUT2D eigenvalue weighted by atomic mass is 9.97. The van der Waals surface area contributed by atoms with Gasteiger partial charge in [0.15, 0.2) is 0 Å². The Balaban J connectivity index is 2.47. The fraction of sp³-hybridized carbons (Fsp3) is 0.353. The van der Waals surface area contributed by atoms with Crippen molar-refractivity contribution in [3.63, 3.8) is 0 Å². The van der Waals surface area contributed by atoms with Crippen LogP contribution < -0.4 is 4.74 Å². The molecule has 2 rings (SSSR count). The number of methoxy groups -OCH3 is 1. The molecule has 4 heteroatoms. The van der Waals surface area contributed by atoms with Crippen LogP contribution in [-0.2, 0) is 14.3 Å². The number of carbonyl (C=O) groups is 1. The van der Waals surface area contributed by atoms with Gasteiger partial charge in [-0.05, 0) is 54.6 Å². The monoisotopic (exact) mass is 304 g/mol. The first-order chi connectivity index (χ1) is 10.0. The molecule has 0 aliphatic carbocycles. The molecule has 0 saturated carbocycles. The van der Waals surface area contributed by atoms with Gasteiger partial charge in [0, 0.05) is 0 Å². The number of hydrogen-bond acceptors (Lipinski definition) is 4. The van der Waals surface area contributed by atoms with Crippen LogP contribution >= 0.6 is 11.8 Å². The highest BCUT2D eigenvalue weighted by Gasteiger charge is 2.36. The summed E-state index contributed by atoms with van der Waals surface area (Å²) in [5.74, 6) is 0.624. The van der Waals surface area contributed by atoms with E-state index in [-0.39, 0.29) is 5.97 Å². The van der Waals surface area contributed by atoms with Crippen molar-refractivity contribution in [3.8, 4) is 5.75 Å². The third-order valence-electron chi connectivity index (χ3n) is 3.67. The summed E-state index contributed by atoms with van der Waals surface area (Å²) in [5, 5.41) is 2.17. The van der Waals surface area contributed by atoms with E-state index in [2.05, 4.69) is 0 Å². The Hall–Kier alpha value is -1.68. The summed E-state index contributed by atoms with van der Waals surface area (Å²) in [6.07, 6.45) is 1.93. The summed E-state index contributed by atoms with van der Waals surface area (Å²) in [5.41, 5.74) is 0.950. The number of fused-ring (bicyclic) bond motifs is 1. The zero-order valence-corrected chi connectivity index (χ0v) is 13.6. The molecule has 2 aromatic carbocycles. The van der Waals surface area contributed by atoms with Crippen LogP contribution in [-0.4, -0.2) is 25.9 Å². The predicted octanol–water partition coefficient (Wildman–Crippen LogP) is 3.99. The molecule has 1 atom stereocenters. The summed E-state index contributed by atoms with van der Waals surface area (Å²) in [4.78, 5) is 12.3. The van der Waals surface area contributed by atoms with Gasteiger partial charge in [-0.3, -0.25) is 4.79 Å². The quantitative estimate of drug-likeness (QED) is 0.782. The molecular weight excluding hydrogens is 284 g/mol. The summed E-state index contributed by atoms with van der Waals surface area (Å²) >= 11 is 1.49. The molecule has 0 radical (unpaired) electrons. The summed E-state index contributed by atoms with van der Waals surface area (Å²) in [7, 11) is 1.65. The normalized spacial score (nSPS) is 13.7. The van der Waals surface area contributed by atoms with Gasteiger partial charge < -0.3 is 9.47 Å². The Morgan fingerprint density at radius 1 is 1.19 bits per heavy atom. The van der Waals surface area contributed by atoms with Gasteiger partial charge >= 0.3 is 5.97 Å². The number of carbonyl (C=O) groups excluding carboxylic acids is 1. The largest absolute Gasteiger partial charge is 0.497 e. The SMILES string of the molecule is CCOC(=O)C(C)(SC)c1ccc2cc(OC)ccc2c1. The van der Waals surface area contributed by atoms with E-state index in [0.717, 1.165) is 22.1 Å². The lowest BCUT2D eigenvalue weighted by Crippen LogP contribution is -2.30. The van der Waals surface area contributed by atoms with E-state index in [1.54, 1.807) is 7.11 Å². The molecule has 0 amide bonds. The van der Waals surface area contributed by atoms with E-state index in [1.165, 1.54) is 11.8 Å². The lowest BCUT2D eigenvalue weighted by molar-refractivity contribution is -0.145. The Morgan fingerprint density at radius 3 is 2.48 bits per heavy atom. The molecule has 0 N–H and O–H groups in total. The number of ether oxygens (including phenoxy) is 2. The van der Waals surface area contributed by atoms with E-state index in [0.29, 0.717) is 6.61 Å². The van der Waals surface area contributed by atoms with Crippen LogP contribution in [0.3, 0.4) is 0 Å². The molecule has 0 spiro atoms. The molecule has 0 aromatic heterocycles. The minimum Gasteiger partial charge on any atom is -0.497 e. The smallest absolute Gasteiger partial charge is 0.326 e. The van der Waals surface area contributed by atoms with Crippen molar-refractivity contribution in [2.75, 3.05) is 20.0 Å². The standard InChI is InChI=1S/C17H20O3S/c1-5-20-16(18)17(2,21-4)14-8-6-13-11-15(19-3)9-7-12(13)10-14/h6-11H,5H2,1-4H3. The molecule has 3 nitrogen and oxygen atoms in total. The van der Waals surface area contributed by atoms with Gasteiger partial charge in [-0.1, -0.05) is 18.2 Å². The average Bonchev–Trinajstić information content (AvgIpc) is 2.53. The van der Waals surface area contributed by atoms with Crippen LogP contribution in [0.2, 0.25) is 0 Å². The van der Waals surface area contributed by atoms with Gasteiger partial charge in [-0.25, -0.2) is 0 Å². The van der Waals surface area contributed by atoms with E-state index < -0.39 is 4.75 Å². The van der Waals surface area contributed by atoms with Crippen LogP contribution in [0.1, 0.15) is 19.4 Å². The van der Waals surface area contributed by atoms with Gasteiger partial charge in [0.05, 0.1) is 13.7 Å². The molecule has 112 valence electrons. The zero-order chi connectivity index (χ0) is 15.5. The number of benzene rings is 2. The molecule has 2 aromatic rings. The number of esters is 1. The van der Waals surface area contributed by atoms with Crippen LogP contribution in [0.4, 0.5) is 0 Å². The van der Waals surface area contributed by atoms with Crippen molar-refractivity contribution in [2.45, 2.75) is 18.6 Å². The van der Waals surface area contributed by atoms with Crippen LogP contribution in [0, 0.1) is 0 Å². The molecule has 0 heterocycles. The number of hydrogen-bond donors (Lipinski definition) is 0. The Bertz CT molecular complexity index is 654. The topological polar surface area (TPSA) is 35.5 Å². The maximum atomic E-state index is 12.3. The fourth-order valence-electron chi connectivity index (χ4n) is 2.24. The maximum absolute atomic E-state index is 12.3. The summed E-state index contributed by atoms with van der Waals surface area (Å²) in [6, 6.07) is 12.0. The third-order valence-corrected chi connectivity index (χ3v) is 4.89. The molecular formula is C17H20O3S. The maximum Gasteiger partial charge on any atom is 0.326 e. The lowest BCUT2D eigenvalue weighted by Gasteiger charge is -2.26. The molecule has 0 bridgehead atoms. The molecule has 1 unspecified atom stereocenters. The molecule has 21 heavy (non-hydrogen) atoms. The van der Waals surface area contributed by atoms with Crippen LogP contribution in [0.25, 0.3) is 10.8 Å². The Kier molecular flexibility index (Phi) is 4.78.